The molecule has 1 heterocycles. The molecule has 0 saturated heterocycles. The molecule has 8 heteroatoms. The number of halogens is 1. The van der Waals surface area contributed by atoms with Crippen molar-refractivity contribution in [3.63, 3.8) is 0 Å². The summed E-state index contributed by atoms with van der Waals surface area (Å²) in [6.07, 6.45) is 0. The molecule has 0 bridgehead atoms. The summed E-state index contributed by atoms with van der Waals surface area (Å²) in [4.78, 5) is 24.2. The molecule has 0 aliphatic heterocycles. The number of amides is 1. The Kier molecular flexibility index (Phi) is 6.23. The van der Waals surface area contributed by atoms with Gasteiger partial charge in [-0.2, -0.15) is 5.10 Å². The first-order chi connectivity index (χ1) is 13.9. The van der Waals surface area contributed by atoms with Gasteiger partial charge in [-0.1, -0.05) is 18.2 Å². The average Bonchev–Trinajstić information content (AvgIpc) is 3.02. The number of nitrogens with zero attached hydrogens (tertiary/aromatic N) is 2. The van der Waals surface area contributed by atoms with Crippen molar-refractivity contribution in [3.05, 3.63) is 77.2 Å². The molecule has 1 aromatic heterocycles. The van der Waals surface area contributed by atoms with Crippen LogP contribution in [-0.2, 0) is 23.2 Å². The number of aromatic nitrogens is 2. The number of carbonyl (C=O) groups is 2. The molecule has 0 radical (unpaired) electrons. The topological polar surface area (TPSA) is 82.5 Å². The van der Waals surface area contributed by atoms with Gasteiger partial charge < -0.3 is 14.8 Å². The van der Waals surface area contributed by atoms with Gasteiger partial charge in [0.2, 0.25) is 0 Å². The number of nitrogens with one attached hydrogen (secondary N) is 1. The van der Waals surface area contributed by atoms with Gasteiger partial charge in [-0.3, -0.25) is 9.48 Å². The minimum atomic E-state index is -0.645. The van der Waals surface area contributed by atoms with Gasteiger partial charge in [0.1, 0.15) is 24.0 Å². The molecule has 0 aliphatic rings. The van der Waals surface area contributed by atoms with Crippen LogP contribution < -0.4 is 10.1 Å². The van der Waals surface area contributed by atoms with Crippen LogP contribution in [0, 0.1) is 12.7 Å². The molecule has 0 aliphatic carbocycles. The maximum Gasteiger partial charge on any atom is 0.338 e. The lowest BCUT2D eigenvalue weighted by Crippen LogP contribution is -2.22. The third kappa shape index (κ3) is 5.65. The highest BCUT2D eigenvalue weighted by Crippen LogP contribution is 2.16. The Morgan fingerprint density at radius 1 is 1.14 bits per heavy atom. The lowest BCUT2D eigenvalue weighted by atomic mass is 10.2. The quantitative estimate of drug-likeness (QED) is 0.619. The Morgan fingerprint density at radius 3 is 2.59 bits per heavy atom. The molecule has 0 spiro atoms. The van der Waals surface area contributed by atoms with Gasteiger partial charge >= 0.3 is 5.97 Å². The van der Waals surface area contributed by atoms with Crippen LogP contribution in [-0.4, -0.2) is 28.3 Å². The van der Waals surface area contributed by atoms with E-state index in [4.69, 9.17) is 9.47 Å². The van der Waals surface area contributed by atoms with Gasteiger partial charge in [0.15, 0.2) is 6.61 Å². The summed E-state index contributed by atoms with van der Waals surface area (Å²) in [6.45, 7) is 1.61. The second-order valence-electron chi connectivity index (χ2n) is 6.36. The monoisotopic (exact) mass is 397 g/mol. The summed E-state index contributed by atoms with van der Waals surface area (Å²) in [5.74, 6) is -0.460. The van der Waals surface area contributed by atoms with E-state index in [1.807, 2.05) is 0 Å². The van der Waals surface area contributed by atoms with Gasteiger partial charge in [-0.15, -0.1) is 0 Å². The number of anilines is 1. The SMILES string of the molecule is Cc1cc(NC(=O)COC(=O)c2cccc(OCc3ccc(F)cc3)c2)n(C)n1. The van der Waals surface area contributed by atoms with E-state index in [0.29, 0.717) is 11.6 Å². The molecule has 150 valence electrons. The van der Waals surface area contributed by atoms with Crippen LogP contribution in [0.3, 0.4) is 0 Å². The van der Waals surface area contributed by atoms with Crippen molar-refractivity contribution in [2.45, 2.75) is 13.5 Å². The molecule has 7 nitrogen and oxygen atoms in total. The number of esters is 1. The first-order valence-corrected chi connectivity index (χ1v) is 8.85. The normalized spacial score (nSPS) is 10.4. The number of rotatable bonds is 7. The number of hydrogen-bond acceptors (Lipinski definition) is 5. The Labute approximate surface area is 167 Å². The van der Waals surface area contributed by atoms with Gasteiger partial charge in [0.25, 0.3) is 5.91 Å². The van der Waals surface area contributed by atoms with Crippen LogP contribution in [0.2, 0.25) is 0 Å². The Balaban J connectivity index is 1.52. The summed E-state index contributed by atoms with van der Waals surface area (Å²) in [7, 11) is 1.70. The lowest BCUT2D eigenvalue weighted by molar-refractivity contribution is -0.119. The molecule has 29 heavy (non-hydrogen) atoms. The second kappa shape index (κ2) is 9.01. The summed E-state index contributed by atoms with van der Waals surface area (Å²) < 4.78 is 25.1. The van der Waals surface area contributed by atoms with Crippen LogP contribution in [0.15, 0.2) is 54.6 Å². The van der Waals surface area contributed by atoms with Gasteiger partial charge in [0.05, 0.1) is 11.3 Å². The molecule has 2 aromatic carbocycles. The van der Waals surface area contributed by atoms with E-state index in [1.165, 1.54) is 22.9 Å². The molecule has 0 atom stereocenters. The maximum absolute atomic E-state index is 12.9. The van der Waals surface area contributed by atoms with Crippen molar-refractivity contribution in [2.24, 2.45) is 7.05 Å². The molecule has 3 rings (SSSR count). The van der Waals surface area contributed by atoms with Gasteiger partial charge in [-0.05, 0) is 42.8 Å². The molecule has 0 fully saturated rings. The van der Waals surface area contributed by atoms with Crippen LogP contribution in [0.5, 0.6) is 5.75 Å². The first-order valence-electron chi connectivity index (χ1n) is 8.85. The largest absolute Gasteiger partial charge is 0.489 e. The Morgan fingerprint density at radius 2 is 1.90 bits per heavy atom. The van der Waals surface area contributed by atoms with Crippen LogP contribution in [0.4, 0.5) is 10.2 Å². The molecule has 0 saturated carbocycles. The predicted molar refractivity (Wildman–Crippen MR) is 104 cm³/mol. The lowest BCUT2D eigenvalue weighted by Gasteiger charge is -2.09. The Bertz CT molecular complexity index is 1020. The second-order valence-corrected chi connectivity index (χ2v) is 6.36. The first kappa shape index (κ1) is 20.1. The van der Waals surface area contributed by atoms with Crippen molar-refractivity contribution in [1.82, 2.24) is 9.78 Å². The zero-order valence-corrected chi connectivity index (χ0v) is 16.0. The fourth-order valence-corrected chi connectivity index (χ4v) is 2.58. The predicted octanol–water partition coefficient (Wildman–Crippen LogP) is 3.24. The van der Waals surface area contributed by atoms with E-state index in [2.05, 4.69) is 10.4 Å². The van der Waals surface area contributed by atoms with Gasteiger partial charge in [0, 0.05) is 13.1 Å². The zero-order valence-electron chi connectivity index (χ0n) is 16.0. The van der Waals surface area contributed by atoms with E-state index in [-0.39, 0.29) is 18.0 Å². The molecule has 1 amide bonds. The van der Waals surface area contributed by atoms with Crippen LogP contribution >= 0.6 is 0 Å². The smallest absolute Gasteiger partial charge is 0.338 e. The van der Waals surface area contributed by atoms with Gasteiger partial charge in [-0.25, -0.2) is 9.18 Å². The van der Waals surface area contributed by atoms with Crippen molar-refractivity contribution >= 4 is 17.7 Å². The number of hydrogen-bond donors (Lipinski definition) is 1. The van der Waals surface area contributed by atoms with E-state index < -0.39 is 18.5 Å². The highest BCUT2D eigenvalue weighted by atomic mass is 19.1. The van der Waals surface area contributed by atoms with E-state index in [0.717, 1.165) is 11.3 Å². The van der Waals surface area contributed by atoms with Crippen LogP contribution in [0.1, 0.15) is 21.6 Å². The number of aryl methyl sites for hydroxylation is 2. The Hall–Kier alpha value is -3.68. The fourth-order valence-electron chi connectivity index (χ4n) is 2.58. The zero-order chi connectivity index (χ0) is 20.8. The van der Waals surface area contributed by atoms with Crippen molar-refractivity contribution in [3.8, 4) is 5.75 Å². The third-order valence-corrected chi connectivity index (χ3v) is 3.99. The average molecular weight is 397 g/mol. The van der Waals surface area contributed by atoms with E-state index in [9.17, 15) is 14.0 Å². The van der Waals surface area contributed by atoms with Crippen molar-refractivity contribution in [2.75, 3.05) is 11.9 Å². The number of benzene rings is 2. The highest BCUT2D eigenvalue weighted by Gasteiger charge is 2.13. The number of carbonyl (C=O) groups excluding carboxylic acids is 2. The van der Waals surface area contributed by atoms with E-state index in [1.54, 1.807) is 50.4 Å². The summed E-state index contributed by atoms with van der Waals surface area (Å²) >= 11 is 0. The molecular weight excluding hydrogens is 377 g/mol. The molecular formula is C21H20FN3O4. The summed E-state index contributed by atoms with van der Waals surface area (Å²) in [5, 5.41) is 6.75. The summed E-state index contributed by atoms with van der Waals surface area (Å²) in [5.41, 5.74) is 1.81. The third-order valence-electron chi connectivity index (χ3n) is 3.99. The number of ether oxygens (including phenoxy) is 2. The minimum Gasteiger partial charge on any atom is -0.489 e. The van der Waals surface area contributed by atoms with Crippen LogP contribution in [0.25, 0.3) is 0 Å². The molecule has 3 aromatic rings. The summed E-state index contributed by atoms with van der Waals surface area (Å²) in [6, 6.07) is 14.1. The minimum absolute atomic E-state index is 0.227. The van der Waals surface area contributed by atoms with Crippen molar-refractivity contribution in [1.29, 1.82) is 0 Å². The highest BCUT2D eigenvalue weighted by molar-refractivity contribution is 5.95. The molecule has 1 N–H and O–H groups in total. The molecule has 0 unspecified atom stereocenters. The van der Waals surface area contributed by atoms with E-state index >= 15 is 0 Å². The standard InChI is InChI=1S/C21H20FN3O4/c1-14-10-19(25(2)24-14)23-20(26)13-29-21(27)16-4-3-5-18(11-16)28-12-15-6-8-17(22)9-7-15/h3-11H,12-13H2,1-2H3,(H,23,26). The maximum atomic E-state index is 12.9. The fraction of sp³-hybridized carbons (Fsp3) is 0.190. The van der Waals surface area contributed by atoms with Crippen molar-refractivity contribution < 1.29 is 23.5 Å².